The summed E-state index contributed by atoms with van der Waals surface area (Å²) in [5.74, 6) is -1.25. The number of rotatable bonds is 6. The number of Topliss-reactive ketones (excluding diaryl/α,β-unsaturated/α-hetero) is 1. The zero-order valence-corrected chi connectivity index (χ0v) is 18.6. The number of aromatic nitrogens is 3. The summed E-state index contributed by atoms with van der Waals surface area (Å²) in [6, 6.07) is 5.73. The summed E-state index contributed by atoms with van der Waals surface area (Å²) in [7, 11) is 0. The number of hydrogen-bond donors (Lipinski definition) is 1. The van der Waals surface area contributed by atoms with E-state index >= 15 is 0 Å². The zero-order chi connectivity index (χ0) is 22.1. The van der Waals surface area contributed by atoms with Gasteiger partial charge < -0.3 is 10.1 Å². The quantitative estimate of drug-likeness (QED) is 0.341. The van der Waals surface area contributed by atoms with Crippen LogP contribution in [0.4, 0.5) is 5.00 Å². The summed E-state index contributed by atoms with van der Waals surface area (Å²) in [5.41, 5.74) is 2.14. The molecule has 0 unspecified atom stereocenters. The van der Waals surface area contributed by atoms with Gasteiger partial charge in [-0.15, -0.1) is 22.7 Å². The van der Waals surface area contributed by atoms with Gasteiger partial charge in [-0.3, -0.25) is 9.59 Å². The summed E-state index contributed by atoms with van der Waals surface area (Å²) < 4.78 is 6.72. The number of ketones is 1. The van der Waals surface area contributed by atoms with Crippen LogP contribution in [0.15, 0.2) is 36.0 Å². The summed E-state index contributed by atoms with van der Waals surface area (Å²) >= 11 is 2.61. The van der Waals surface area contributed by atoms with Crippen LogP contribution in [0.5, 0.6) is 0 Å². The van der Waals surface area contributed by atoms with Gasteiger partial charge in [0.05, 0.1) is 33.8 Å². The molecular weight excluding hydrogens is 436 g/mol. The third kappa shape index (κ3) is 3.75. The molecule has 8 nitrogen and oxygen atoms in total. The smallest absolute Gasteiger partial charge is 0.341 e. The number of hydrogen-bond acceptors (Lipinski definition) is 8. The fraction of sp³-hybridized carbons (Fsp3) is 0.190. The first-order valence-corrected chi connectivity index (χ1v) is 11.1. The average molecular weight is 455 g/mol. The number of amides is 1. The van der Waals surface area contributed by atoms with Crippen molar-refractivity contribution < 1.29 is 19.1 Å². The van der Waals surface area contributed by atoms with Gasteiger partial charge in [-0.25, -0.2) is 14.3 Å². The highest BCUT2D eigenvalue weighted by Crippen LogP contribution is 2.34. The van der Waals surface area contributed by atoms with Gasteiger partial charge in [-0.2, -0.15) is 5.10 Å². The van der Waals surface area contributed by atoms with Gasteiger partial charge in [-0.05, 0) is 43.8 Å². The van der Waals surface area contributed by atoms with Gasteiger partial charge in [0.2, 0.25) is 0 Å². The normalized spacial score (nSPS) is 10.9. The maximum absolute atomic E-state index is 13.1. The molecule has 0 spiro atoms. The van der Waals surface area contributed by atoms with Crippen molar-refractivity contribution in [3.8, 4) is 10.6 Å². The minimum Gasteiger partial charge on any atom is -0.462 e. The fourth-order valence-corrected chi connectivity index (χ4v) is 5.04. The van der Waals surface area contributed by atoms with Crippen molar-refractivity contribution in [3.63, 3.8) is 0 Å². The van der Waals surface area contributed by atoms with Crippen LogP contribution in [0.3, 0.4) is 0 Å². The number of esters is 1. The minimum absolute atomic E-state index is 0.181. The third-order valence-corrected chi connectivity index (χ3v) is 6.79. The van der Waals surface area contributed by atoms with Gasteiger partial charge >= 0.3 is 5.97 Å². The van der Waals surface area contributed by atoms with E-state index in [1.54, 1.807) is 35.9 Å². The molecule has 0 aliphatic heterocycles. The Balaban J connectivity index is 1.73. The molecular formula is C21H18N4O4S2. The van der Waals surface area contributed by atoms with E-state index in [9.17, 15) is 14.4 Å². The lowest BCUT2D eigenvalue weighted by molar-refractivity contribution is 0.0527. The molecule has 1 N–H and O–H groups in total. The summed E-state index contributed by atoms with van der Waals surface area (Å²) in [6.07, 6.45) is 3.06. The van der Waals surface area contributed by atoms with E-state index in [1.807, 2.05) is 23.6 Å². The maximum Gasteiger partial charge on any atom is 0.341 e. The predicted molar refractivity (Wildman–Crippen MR) is 119 cm³/mol. The molecule has 158 valence electrons. The first kappa shape index (κ1) is 20.9. The van der Waals surface area contributed by atoms with Gasteiger partial charge in [0, 0.05) is 6.20 Å². The monoisotopic (exact) mass is 454 g/mol. The largest absolute Gasteiger partial charge is 0.462 e. The number of fused-ring (bicyclic) bond motifs is 1. The van der Waals surface area contributed by atoms with E-state index in [-0.39, 0.29) is 28.5 Å². The number of nitrogens with one attached hydrogen (secondary N) is 1. The number of anilines is 1. The molecule has 0 fully saturated rings. The van der Waals surface area contributed by atoms with E-state index in [1.165, 1.54) is 13.1 Å². The lowest BCUT2D eigenvalue weighted by Crippen LogP contribution is -2.15. The Morgan fingerprint density at radius 1 is 1.26 bits per heavy atom. The second-order valence-corrected chi connectivity index (χ2v) is 8.56. The number of ether oxygens (including phenoxy) is 1. The van der Waals surface area contributed by atoms with Crippen molar-refractivity contribution in [3.05, 3.63) is 57.5 Å². The van der Waals surface area contributed by atoms with Gasteiger partial charge in [0.1, 0.15) is 10.6 Å². The Bertz CT molecular complexity index is 1300. The highest BCUT2D eigenvalue weighted by molar-refractivity contribution is 7.18. The first-order chi connectivity index (χ1) is 14.9. The van der Waals surface area contributed by atoms with E-state index in [0.29, 0.717) is 16.1 Å². The van der Waals surface area contributed by atoms with Crippen molar-refractivity contribution in [1.29, 1.82) is 0 Å². The Morgan fingerprint density at radius 3 is 2.74 bits per heavy atom. The number of thiophene rings is 2. The molecule has 0 radical (unpaired) electrons. The van der Waals surface area contributed by atoms with Gasteiger partial charge in [-0.1, -0.05) is 6.07 Å². The lowest BCUT2D eigenvalue weighted by Gasteiger charge is -2.07. The number of carbonyl (C=O) groups excluding carboxylic acids is 3. The molecule has 4 aromatic rings. The molecule has 0 aromatic carbocycles. The molecule has 4 aromatic heterocycles. The topological polar surface area (TPSA) is 103 Å². The summed E-state index contributed by atoms with van der Waals surface area (Å²) in [5, 5.41) is 9.31. The van der Waals surface area contributed by atoms with Crippen molar-refractivity contribution >= 4 is 51.0 Å². The van der Waals surface area contributed by atoms with Crippen LogP contribution in [0.25, 0.3) is 16.2 Å². The number of nitrogens with zero attached hydrogens (tertiary/aromatic N) is 3. The van der Waals surface area contributed by atoms with Crippen molar-refractivity contribution in [2.45, 2.75) is 20.8 Å². The second kappa shape index (κ2) is 8.40. The van der Waals surface area contributed by atoms with Gasteiger partial charge in [0.25, 0.3) is 5.91 Å². The van der Waals surface area contributed by atoms with Crippen LogP contribution in [-0.4, -0.2) is 38.9 Å². The van der Waals surface area contributed by atoms with Crippen molar-refractivity contribution in [1.82, 2.24) is 14.6 Å². The molecule has 10 heteroatoms. The Kier molecular flexibility index (Phi) is 5.66. The SMILES string of the molecule is CCOC(=O)c1c(NC(=O)c2cnn3c(-c4cccs4)ccnc23)sc(C(C)=O)c1C. The van der Waals surface area contributed by atoms with E-state index in [0.717, 1.165) is 21.9 Å². The molecule has 0 atom stereocenters. The second-order valence-electron chi connectivity index (χ2n) is 6.59. The maximum atomic E-state index is 13.1. The molecule has 0 bridgehead atoms. The third-order valence-electron chi connectivity index (χ3n) is 4.59. The molecule has 31 heavy (non-hydrogen) atoms. The lowest BCUT2D eigenvalue weighted by atomic mass is 10.1. The van der Waals surface area contributed by atoms with E-state index in [4.69, 9.17) is 4.74 Å². The molecule has 0 saturated heterocycles. The fourth-order valence-electron chi connectivity index (χ4n) is 3.22. The van der Waals surface area contributed by atoms with Crippen LogP contribution in [0.1, 0.15) is 49.8 Å². The van der Waals surface area contributed by atoms with E-state index in [2.05, 4.69) is 15.4 Å². The minimum atomic E-state index is -0.586. The summed E-state index contributed by atoms with van der Waals surface area (Å²) in [4.78, 5) is 43.2. The Labute approximate surface area is 185 Å². The molecule has 0 aliphatic rings. The molecule has 1 amide bonds. The summed E-state index contributed by atoms with van der Waals surface area (Å²) in [6.45, 7) is 4.96. The average Bonchev–Trinajstić information content (AvgIpc) is 3.46. The van der Waals surface area contributed by atoms with Crippen molar-refractivity contribution in [2.24, 2.45) is 0 Å². The van der Waals surface area contributed by atoms with Crippen molar-refractivity contribution in [2.75, 3.05) is 11.9 Å². The van der Waals surface area contributed by atoms with Crippen LogP contribution in [-0.2, 0) is 4.74 Å². The molecule has 4 rings (SSSR count). The number of carbonyl (C=O) groups is 3. The van der Waals surface area contributed by atoms with E-state index < -0.39 is 11.9 Å². The van der Waals surface area contributed by atoms with Crippen LogP contribution in [0.2, 0.25) is 0 Å². The zero-order valence-electron chi connectivity index (χ0n) is 17.0. The Hall–Kier alpha value is -3.37. The first-order valence-electron chi connectivity index (χ1n) is 9.41. The molecule has 0 saturated carbocycles. The van der Waals surface area contributed by atoms with Crippen LogP contribution >= 0.6 is 22.7 Å². The van der Waals surface area contributed by atoms with Crippen LogP contribution in [0, 0.1) is 6.92 Å². The molecule has 4 heterocycles. The standard InChI is InChI=1S/C21H18N4O4S2/c1-4-29-21(28)16-11(2)17(12(3)26)31-20(16)24-19(27)13-10-23-25-14(7-8-22-18(13)25)15-6-5-9-30-15/h5-10H,4H2,1-3H3,(H,24,27). The van der Waals surface area contributed by atoms with Gasteiger partial charge in [0.15, 0.2) is 11.4 Å². The highest BCUT2D eigenvalue weighted by atomic mass is 32.1. The highest BCUT2D eigenvalue weighted by Gasteiger charge is 2.26. The Morgan fingerprint density at radius 2 is 2.06 bits per heavy atom. The van der Waals surface area contributed by atoms with Crippen LogP contribution < -0.4 is 5.32 Å². The molecule has 0 aliphatic carbocycles. The predicted octanol–water partition coefficient (Wildman–Crippen LogP) is 4.46.